The Balaban J connectivity index is 3.90. The van der Waals surface area contributed by atoms with Gasteiger partial charge in [0, 0.05) is 0 Å². The zero-order valence-corrected chi connectivity index (χ0v) is 5.66. The summed E-state index contributed by atoms with van der Waals surface area (Å²) in [4.78, 5) is 3.28. The van der Waals surface area contributed by atoms with Gasteiger partial charge in [-0.15, -0.1) is 4.99 Å². The molecule has 0 N–H and O–H groups in total. The zero-order valence-electron chi connectivity index (χ0n) is 5.66. The molecule has 0 aliphatic heterocycles. The van der Waals surface area contributed by atoms with Crippen LogP contribution in [0.5, 0.6) is 0 Å². The number of ether oxygens (including phenoxy) is 1. The van der Waals surface area contributed by atoms with Crippen LogP contribution in [0.25, 0.3) is 0 Å². The lowest BCUT2D eigenvalue weighted by molar-refractivity contribution is 0.321. The first-order valence-electron chi connectivity index (χ1n) is 2.80. The number of nitrogens with zero attached hydrogens (tertiary/aromatic N) is 3. The highest BCUT2D eigenvalue weighted by molar-refractivity contribution is 5.78. The Kier molecular flexibility index (Phi) is 4.72. The third-order valence-corrected chi connectivity index (χ3v) is 0.716. The van der Waals surface area contributed by atoms with Crippen molar-refractivity contribution in [3.8, 4) is 12.3 Å². The fraction of sp³-hybridized carbons (Fsp3) is 0.500. The summed E-state index contributed by atoms with van der Waals surface area (Å²) in [6.07, 6.45) is 1.61. The Morgan fingerprint density at radius 2 is 2.30 bits per heavy atom. The summed E-state index contributed by atoms with van der Waals surface area (Å²) in [5.74, 6) is 0.188. The van der Waals surface area contributed by atoms with Gasteiger partial charge in [-0.1, -0.05) is 0 Å². The molecule has 0 saturated carbocycles. The summed E-state index contributed by atoms with van der Waals surface area (Å²) in [6.45, 7) is 2.20. The average Bonchev–Trinajstić information content (AvgIpc) is 1.90. The summed E-state index contributed by atoms with van der Waals surface area (Å²) in [6, 6.07) is 1.83. The topological polar surface area (TPSA) is 69.2 Å². The predicted octanol–water partition coefficient (Wildman–Crippen LogP) is 0.816. The molecule has 4 heteroatoms. The normalized spacial score (nSPS) is 9.70. The molecule has 0 aliphatic rings. The molecule has 10 heavy (non-hydrogen) atoms. The summed E-state index contributed by atoms with van der Waals surface area (Å²) in [5, 5.41) is 16.2. The van der Waals surface area contributed by atoms with Crippen molar-refractivity contribution in [1.29, 1.82) is 10.5 Å². The minimum absolute atomic E-state index is 0.0569. The van der Waals surface area contributed by atoms with Crippen molar-refractivity contribution in [2.75, 3.05) is 6.61 Å². The van der Waals surface area contributed by atoms with E-state index in [1.165, 1.54) is 0 Å². The first-order valence-corrected chi connectivity index (χ1v) is 2.80. The van der Waals surface area contributed by atoms with Crippen LogP contribution in [0.3, 0.4) is 0 Å². The average molecular weight is 137 g/mol. The molecule has 0 radical (unpaired) electrons. The zero-order chi connectivity index (χ0) is 7.82. The maximum absolute atomic E-state index is 8.17. The molecule has 0 aliphatic carbocycles. The molecule has 0 heterocycles. The van der Waals surface area contributed by atoms with Crippen LogP contribution in [0.1, 0.15) is 13.3 Å². The van der Waals surface area contributed by atoms with Crippen molar-refractivity contribution in [2.45, 2.75) is 13.3 Å². The maximum Gasteiger partial charge on any atom is 0.213 e. The second-order valence-corrected chi connectivity index (χ2v) is 1.37. The second kappa shape index (κ2) is 5.58. The Morgan fingerprint density at radius 3 is 2.70 bits per heavy atom. The van der Waals surface area contributed by atoms with Gasteiger partial charge in [0.25, 0.3) is 0 Å². The molecular weight excluding hydrogens is 130 g/mol. The van der Waals surface area contributed by atoms with Gasteiger partial charge < -0.3 is 4.74 Å². The molecule has 0 fully saturated rings. The largest absolute Gasteiger partial charge is 0.480 e. The molecule has 0 atom stereocenters. The molecule has 52 valence electrons. The van der Waals surface area contributed by atoms with Gasteiger partial charge in [0.1, 0.15) is 6.42 Å². The summed E-state index contributed by atoms with van der Waals surface area (Å²) in [7, 11) is 0. The van der Waals surface area contributed by atoms with E-state index in [2.05, 4.69) is 4.99 Å². The van der Waals surface area contributed by atoms with Crippen LogP contribution in [-0.4, -0.2) is 12.5 Å². The van der Waals surface area contributed by atoms with Crippen LogP contribution in [-0.2, 0) is 4.74 Å². The molecule has 0 saturated heterocycles. The van der Waals surface area contributed by atoms with E-state index < -0.39 is 0 Å². The van der Waals surface area contributed by atoms with E-state index in [1.807, 2.05) is 6.07 Å². The van der Waals surface area contributed by atoms with Crippen LogP contribution >= 0.6 is 0 Å². The molecule has 0 aromatic rings. The first kappa shape index (κ1) is 8.45. The van der Waals surface area contributed by atoms with E-state index >= 15 is 0 Å². The van der Waals surface area contributed by atoms with Crippen molar-refractivity contribution < 1.29 is 4.74 Å². The van der Waals surface area contributed by atoms with Gasteiger partial charge in [0.15, 0.2) is 0 Å². The molecule has 0 aromatic carbocycles. The molecule has 0 aromatic heterocycles. The van der Waals surface area contributed by atoms with Crippen molar-refractivity contribution in [3.05, 3.63) is 0 Å². The van der Waals surface area contributed by atoms with Gasteiger partial charge >= 0.3 is 0 Å². The van der Waals surface area contributed by atoms with Gasteiger partial charge in [-0.05, 0) is 6.92 Å². The van der Waals surface area contributed by atoms with Crippen molar-refractivity contribution in [2.24, 2.45) is 4.99 Å². The molecule has 0 spiro atoms. The lowest BCUT2D eigenvalue weighted by Crippen LogP contribution is -2.02. The third-order valence-electron chi connectivity index (χ3n) is 0.716. The van der Waals surface area contributed by atoms with Crippen LogP contribution in [0, 0.1) is 22.8 Å². The minimum atomic E-state index is 0.0569. The second-order valence-electron chi connectivity index (χ2n) is 1.37. The highest BCUT2D eigenvalue weighted by atomic mass is 16.5. The van der Waals surface area contributed by atoms with Crippen molar-refractivity contribution in [3.63, 3.8) is 0 Å². The summed E-state index contributed by atoms with van der Waals surface area (Å²) < 4.78 is 4.83. The summed E-state index contributed by atoms with van der Waals surface area (Å²) in [5.41, 5.74) is 0. The highest BCUT2D eigenvalue weighted by Crippen LogP contribution is 1.87. The van der Waals surface area contributed by atoms with E-state index in [1.54, 1.807) is 13.1 Å². The number of nitriles is 2. The quantitative estimate of drug-likeness (QED) is 0.321. The van der Waals surface area contributed by atoms with Crippen LogP contribution < -0.4 is 0 Å². The Bertz CT molecular complexity index is 196. The third kappa shape index (κ3) is 3.45. The van der Waals surface area contributed by atoms with Gasteiger partial charge in [0.2, 0.25) is 12.1 Å². The molecule has 4 nitrogen and oxygen atoms in total. The van der Waals surface area contributed by atoms with Gasteiger partial charge in [-0.2, -0.15) is 10.5 Å². The number of hydrogen-bond donors (Lipinski definition) is 0. The lowest BCUT2D eigenvalue weighted by Gasteiger charge is -1.98. The Labute approximate surface area is 59.4 Å². The minimum Gasteiger partial charge on any atom is -0.480 e. The van der Waals surface area contributed by atoms with Crippen LogP contribution in [0.4, 0.5) is 0 Å². The summed E-state index contributed by atoms with van der Waals surface area (Å²) >= 11 is 0. The van der Waals surface area contributed by atoms with Gasteiger partial charge in [-0.3, -0.25) is 0 Å². The molecule has 0 amide bonds. The monoisotopic (exact) mass is 137 g/mol. The smallest absolute Gasteiger partial charge is 0.213 e. The molecule has 0 bridgehead atoms. The van der Waals surface area contributed by atoms with Crippen molar-refractivity contribution >= 4 is 5.90 Å². The van der Waals surface area contributed by atoms with E-state index in [-0.39, 0.29) is 12.3 Å². The fourth-order valence-corrected chi connectivity index (χ4v) is 0.413. The SMILES string of the molecule is CCOC(CC#N)=NC#N. The maximum atomic E-state index is 8.17. The van der Waals surface area contributed by atoms with Gasteiger partial charge in [0.05, 0.1) is 12.7 Å². The molecule has 0 unspecified atom stereocenters. The van der Waals surface area contributed by atoms with Crippen molar-refractivity contribution in [1.82, 2.24) is 0 Å². The predicted molar refractivity (Wildman–Crippen MR) is 34.9 cm³/mol. The van der Waals surface area contributed by atoms with E-state index in [0.29, 0.717) is 6.61 Å². The number of rotatable bonds is 2. The van der Waals surface area contributed by atoms with E-state index in [0.717, 1.165) is 0 Å². The Hall–Kier alpha value is -1.55. The number of aliphatic imine (C=N–C) groups is 1. The standard InChI is InChI=1S/C6H7N3O/c1-2-10-6(3-4-7)9-5-8/h2-3H2,1H3. The van der Waals surface area contributed by atoms with E-state index in [9.17, 15) is 0 Å². The first-order chi connectivity index (χ1) is 4.85. The van der Waals surface area contributed by atoms with E-state index in [4.69, 9.17) is 15.3 Å². The van der Waals surface area contributed by atoms with Crippen LogP contribution in [0.2, 0.25) is 0 Å². The molecular formula is C6H7N3O. The molecule has 0 rings (SSSR count). The van der Waals surface area contributed by atoms with Crippen LogP contribution in [0.15, 0.2) is 4.99 Å². The highest BCUT2D eigenvalue weighted by Gasteiger charge is 1.95. The Morgan fingerprint density at radius 1 is 1.60 bits per heavy atom. The number of hydrogen-bond acceptors (Lipinski definition) is 4. The fourth-order valence-electron chi connectivity index (χ4n) is 0.413. The van der Waals surface area contributed by atoms with Gasteiger partial charge in [-0.25, -0.2) is 0 Å². The lowest BCUT2D eigenvalue weighted by atomic mass is 10.5.